The second-order valence-electron chi connectivity index (χ2n) is 3.76. The lowest BCUT2D eigenvalue weighted by Crippen LogP contribution is -2.43. The Kier molecular flexibility index (Phi) is 11.4. The predicted molar refractivity (Wildman–Crippen MR) is 62.2 cm³/mol. The second kappa shape index (κ2) is 11.2. The van der Waals surface area contributed by atoms with Crippen molar-refractivity contribution < 1.29 is 49.2 Å². The zero-order chi connectivity index (χ0) is 14.7. The summed E-state index contributed by atoms with van der Waals surface area (Å²) in [5.41, 5.74) is -0.212. The fourth-order valence-corrected chi connectivity index (χ4v) is 1.68. The minimum absolute atomic E-state index is 0.212. The van der Waals surface area contributed by atoms with Crippen molar-refractivity contribution in [1.82, 2.24) is 0 Å². The smallest absolute Gasteiger partial charge is 0.324 e. The highest BCUT2D eigenvalue weighted by atomic mass is 31.2. The summed E-state index contributed by atoms with van der Waals surface area (Å²) in [4.78, 5) is 53.2. The van der Waals surface area contributed by atoms with Crippen LogP contribution in [0.5, 0.6) is 0 Å². The largest absolute Gasteiger partial charge is 0.328 e. The molecule has 1 saturated heterocycles. The van der Waals surface area contributed by atoms with Gasteiger partial charge in [-0.15, -0.1) is 0 Å². The lowest BCUT2D eigenvalue weighted by molar-refractivity contribution is -0.691. The maximum atomic E-state index is 7.23. The van der Waals surface area contributed by atoms with Gasteiger partial charge in [-0.05, 0) is 22.9 Å². The molecule has 2 rings (SSSR count). The first-order chi connectivity index (χ1) is 8.88. The molecule has 0 amide bonds. The van der Waals surface area contributed by atoms with E-state index in [1.807, 2.05) is 0 Å². The quantitative estimate of drug-likeness (QED) is 0.262. The first kappa shape index (κ1) is 19.5. The SMILES string of the molecule is C1CCC2(CC1)COOOO2.OP(O)O.OP(O)O. The molecule has 0 bridgehead atoms. The van der Waals surface area contributed by atoms with E-state index in [2.05, 4.69) is 10.1 Å². The van der Waals surface area contributed by atoms with Gasteiger partial charge in [0, 0.05) is 0 Å². The standard InChI is InChI=1S/C7H12O4.2H3O3P/c1-2-4-7(5-3-1)6-8-10-11-9-7;2*1-4(2)3/h1-6H2;2*1-3H. The van der Waals surface area contributed by atoms with Crippen LogP contribution in [0.15, 0.2) is 0 Å². The van der Waals surface area contributed by atoms with Gasteiger partial charge in [-0.25, -0.2) is 4.89 Å². The molecule has 0 aromatic rings. The Morgan fingerprint density at radius 3 is 1.58 bits per heavy atom. The third kappa shape index (κ3) is 11.9. The van der Waals surface area contributed by atoms with Gasteiger partial charge >= 0.3 is 17.2 Å². The molecule has 0 unspecified atom stereocenters. The van der Waals surface area contributed by atoms with E-state index >= 15 is 0 Å². The average molecular weight is 324 g/mol. The van der Waals surface area contributed by atoms with E-state index in [4.69, 9.17) is 39.1 Å². The fourth-order valence-electron chi connectivity index (χ4n) is 1.68. The zero-order valence-corrected chi connectivity index (χ0v) is 11.7. The van der Waals surface area contributed by atoms with Crippen molar-refractivity contribution in [2.75, 3.05) is 6.61 Å². The van der Waals surface area contributed by atoms with Gasteiger partial charge in [0.25, 0.3) is 0 Å². The van der Waals surface area contributed by atoms with Crippen molar-refractivity contribution in [2.45, 2.75) is 37.7 Å². The van der Waals surface area contributed by atoms with Crippen molar-refractivity contribution in [3.8, 4) is 0 Å². The Labute approximate surface area is 111 Å². The van der Waals surface area contributed by atoms with Crippen LogP contribution < -0.4 is 0 Å². The van der Waals surface area contributed by atoms with Gasteiger partial charge in [0.2, 0.25) is 0 Å². The number of hydrogen-bond acceptors (Lipinski definition) is 10. The van der Waals surface area contributed by atoms with E-state index in [1.165, 1.54) is 19.3 Å². The van der Waals surface area contributed by atoms with Crippen molar-refractivity contribution >= 4 is 17.2 Å². The van der Waals surface area contributed by atoms with Crippen molar-refractivity contribution in [3.05, 3.63) is 0 Å². The third-order valence-corrected chi connectivity index (χ3v) is 2.37. The monoisotopic (exact) mass is 324 g/mol. The molecule has 0 radical (unpaired) electrons. The highest BCUT2D eigenvalue weighted by Crippen LogP contribution is 2.33. The molecule has 0 aromatic carbocycles. The highest BCUT2D eigenvalue weighted by molar-refractivity contribution is 7.38. The molecule has 12 heteroatoms. The third-order valence-electron chi connectivity index (χ3n) is 2.37. The Hall–Kier alpha value is 0.460. The summed E-state index contributed by atoms with van der Waals surface area (Å²) in [6.07, 6.45) is 5.68. The molecule has 6 N–H and O–H groups in total. The molecule has 10 nitrogen and oxygen atoms in total. The van der Waals surface area contributed by atoms with Crippen molar-refractivity contribution in [2.24, 2.45) is 0 Å². The van der Waals surface area contributed by atoms with Gasteiger partial charge in [-0.2, -0.15) is 4.89 Å². The molecule has 1 saturated carbocycles. The van der Waals surface area contributed by atoms with Gasteiger partial charge < -0.3 is 29.4 Å². The summed E-state index contributed by atoms with van der Waals surface area (Å²) in [5, 5.41) is 8.52. The van der Waals surface area contributed by atoms with E-state index in [0.29, 0.717) is 6.61 Å². The van der Waals surface area contributed by atoms with Crippen LogP contribution >= 0.6 is 17.2 Å². The molecule has 0 aromatic heterocycles. The van der Waals surface area contributed by atoms with Gasteiger partial charge in [-0.3, -0.25) is 0 Å². The Balaban J connectivity index is 0.000000342. The Bertz CT molecular complexity index is 173. The van der Waals surface area contributed by atoms with E-state index in [-0.39, 0.29) is 5.60 Å². The molecule has 1 aliphatic carbocycles. The molecule has 1 aliphatic heterocycles. The Morgan fingerprint density at radius 2 is 1.21 bits per heavy atom. The molecule has 0 atom stereocenters. The van der Waals surface area contributed by atoms with Crippen LogP contribution in [0.2, 0.25) is 0 Å². The van der Waals surface area contributed by atoms with Crippen molar-refractivity contribution in [3.63, 3.8) is 0 Å². The summed E-state index contributed by atoms with van der Waals surface area (Å²) in [6, 6.07) is 0. The number of rotatable bonds is 0. The topological polar surface area (TPSA) is 158 Å². The molecule has 2 fully saturated rings. The molecule has 116 valence electrons. The molecular formula is C7H18O10P2. The first-order valence-corrected chi connectivity index (χ1v) is 7.65. The van der Waals surface area contributed by atoms with E-state index in [0.717, 1.165) is 12.8 Å². The van der Waals surface area contributed by atoms with Crippen LogP contribution in [-0.4, -0.2) is 41.6 Å². The van der Waals surface area contributed by atoms with Gasteiger partial charge in [0.1, 0.15) is 12.2 Å². The van der Waals surface area contributed by atoms with Crippen LogP contribution in [0.1, 0.15) is 32.1 Å². The molecular weight excluding hydrogens is 306 g/mol. The van der Waals surface area contributed by atoms with E-state index in [1.54, 1.807) is 0 Å². The summed E-state index contributed by atoms with van der Waals surface area (Å²) in [5.74, 6) is 0. The van der Waals surface area contributed by atoms with E-state index < -0.39 is 17.2 Å². The normalized spacial score (nSPS) is 21.5. The highest BCUT2D eigenvalue weighted by Gasteiger charge is 2.38. The second-order valence-corrected chi connectivity index (χ2v) is 4.84. The molecule has 1 heterocycles. The maximum Gasteiger partial charge on any atom is 0.324 e. The summed E-state index contributed by atoms with van der Waals surface area (Å²) in [6.45, 7) is 0.493. The minimum Gasteiger partial charge on any atom is -0.328 e. The maximum absolute atomic E-state index is 7.23. The minimum atomic E-state index is -2.62. The van der Waals surface area contributed by atoms with Crippen molar-refractivity contribution in [1.29, 1.82) is 0 Å². The summed E-state index contributed by atoms with van der Waals surface area (Å²) >= 11 is 0. The summed E-state index contributed by atoms with van der Waals surface area (Å²) < 4.78 is 0. The van der Waals surface area contributed by atoms with Crippen LogP contribution in [0.4, 0.5) is 0 Å². The number of hydrogen-bond donors (Lipinski definition) is 6. The van der Waals surface area contributed by atoms with Gasteiger partial charge in [-0.1, -0.05) is 19.3 Å². The predicted octanol–water partition coefficient (Wildman–Crippen LogP) is -0.105. The van der Waals surface area contributed by atoms with Crippen LogP contribution in [0, 0.1) is 0 Å². The lowest BCUT2D eigenvalue weighted by atomic mass is 9.85. The van der Waals surface area contributed by atoms with Gasteiger partial charge in [0.15, 0.2) is 0 Å². The first-order valence-electron chi connectivity index (χ1n) is 5.25. The van der Waals surface area contributed by atoms with Crippen LogP contribution in [-0.2, 0) is 19.9 Å². The average Bonchev–Trinajstić information content (AvgIpc) is 2.29. The fraction of sp³-hybridized carbons (Fsp3) is 1.00. The molecule has 19 heavy (non-hydrogen) atoms. The van der Waals surface area contributed by atoms with Gasteiger partial charge in [0.05, 0.1) is 0 Å². The zero-order valence-electron chi connectivity index (χ0n) is 9.95. The lowest BCUT2D eigenvalue weighted by Gasteiger charge is -2.35. The van der Waals surface area contributed by atoms with Crippen LogP contribution in [0.25, 0.3) is 0 Å². The molecule has 1 spiro atoms. The van der Waals surface area contributed by atoms with Crippen LogP contribution in [0.3, 0.4) is 0 Å². The molecule has 2 aliphatic rings. The summed E-state index contributed by atoms with van der Waals surface area (Å²) in [7, 11) is -5.24. The Morgan fingerprint density at radius 1 is 0.737 bits per heavy atom. The van der Waals surface area contributed by atoms with E-state index in [9.17, 15) is 0 Å².